The number of hydrogen-bond acceptors (Lipinski definition) is 3. The number of ketones is 1. The molecule has 1 fully saturated rings. The van der Waals surface area contributed by atoms with E-state index in [1.54, 1.807) is 7.11 Å². The van der Waals surface area contributed by atoms with E-state index in [0.717, 1.165) is 48.1 Å². The number of aryl methyl sites for hydroxylation is 1. The zero-order valence-electron chi connectivity index (χ0n) is 14.2. The van der Waals surface area contributed by atoms with Crippen LogP contribution in [0, 0.1) is 6.92 Å². The maximum Gasteiger partial charge on any atom is 0.210 e. The topological polar surface area (TPSA) is 35.5 Å². The van der Waals surface area contributed by atoms with Crippen molar-refractivity contribution < 1.29 is 14.3 Å². The van der Waals surface area contributed by atoms with Gasteiger partial charge in [0.2, 0.25) is 5.78 Å². The summed E-state index contributed by atoms with van der Waals surface area (Å²) in [6, 6.07) is 14.3. The van der Waals surface area contributed by atoms with E-state index in [0.29, 0.717) is 0 Å². The third kappa shape index (κ3) is 2.44. The van der Waals surface area contributed by atoms with Crippen LogP contribution in [0.15, 0.2) is 42.5 Å². The lowest BCUT2D eigenvalue weighted by Gasteiger charge is -2.34. The zero-order chi connectivity index (χ0) is 16.7. The lowest BCUT2D eigenvalue weighted by atomic mass is 9.79. The molecule has 0 aromatic heterocycles. The predicted molar refractivity (Wildman–Crippen MR) is 93.6 cm³/mol. The predicted octanol–water partition coefficient (Wildman–Crippen LogP) is 4.56. The third-order valence-electron chi connectivity index (χ3n) is 5.37. The number of carbonyl (C=O) groups excluding carboxylic acids is 1. The molecule has 0 amide bonds. The van der Waals surface area contributed by atoms with Crippen LogP contribution in [0.3, 0.4) is 0 Å². The molecule has 124 valence electrons. The summed E-state index contributed by atoms with van der Waals surface area (Å²) in [7, 11) is 1.74. The summed E-state index contributed by atoms with van der Waals surface area (Å²) in [6.07, 6.45) is 3.47. The van der Waals surface area contributed by atoms with E-state index in [1.807, 2.05) is 24.3 Å². The Bertz CT molecular complexity index is 785. The molecule has 0 atom stereocenters. The van der Waals surface area contributed by atoms with Crippen LogP contribution < -0.4 is 4.74 Å². The first-order chi connectivity index (χ1) is 11.6. The monoisotopic (exact) mass is 322 g/mol. The Morgan fingerprint density at radius 1 is 1.08 bits per heavy atom. The van der Waals surface area contributed by atoms with Crippen LogP contribution >= 0.6 is 0 Å². The Balaban J connectivity index is 1.65. The second-order valence-electron chi connectivity index (χ2n) is 6.94. The fourth-order valence-electron chi connectivity index (χ4n) is 3.93. The van der Waals surface area contributed by atoms with Gasteiger partial charge in [0.15, 0.2) is 5.60 Å². The van der Waals surface area contributed by atoms with Crippen molar-refractivity contribution in [2.24, 2.45) is 0 Å². The van der Waals surface area contributed by atoms with E-state index >= 15 is 0 Å². The highest BCUT2D eigenvalue weighted by atomic mass is 16.5. The minimum absolute atomic E-state index is 0.140. The SMILES string of the molecule is COC1CCC2(CC1)Oc1ccc(-c3cccc(C)c3)cc1C2=O. The van der Waals surface area contributed by atoms with E-state index in [9.17, 15) is 4.79 Å². The van der Waals surface area contributed by atoms with Crippen LogP contribution in [-0.2, 0) is 4.74 Å². The van der Waals surface area contributed by atoms with Crippen LogP contribution in [0.2, 0.25) is 0 Å². The molecular formula is C21H22O3. The van der Waals surface area contributed by atoms with Gasteiger partial charge in [0.1, 0.15) is 5.75 Å². The molecule has 3 nitrogen and oxygen atoms in total. The van der Waals surface area contributed by atoms with Gasteiger partial charge in [-0.2, -0.15) is 0 Å². The van der Waals surface area contributed by atoms with Crippen LogP contribution in [-0.4, -0.2) is 24.6 Å². The molecule has 0 bridgehead atoms. The molecule has 1 spiro atoms. The smallest absolute Gasteiger partial charge is 0.210 e. The lowest BCUT2D eigenvalue weighted by molar-refractivity contribution is -0.00600. The number of carbonyl (C=O) groups is 1. The molecule has 1 aliphatic carbocycles. The summed E-state index contributed by atoms with van der Waals surface area (Å²) in [5, 5.41) is 0. The second kappa shape index (κ2) is 5.75. The Morgan fingerprint density at radius 2 is 1.83 bits per heavy atom. The maximum atomic E-state index is 13.1. The third-order valence-corrected chi connectivity index (χ3v) is 5.37. The number of Topliss-reactive ketones (excluding diaryl/α,β-unsaturated/α-hetero) is 1. The van der Waals surface area contributed by atoms with Crippen molar-refractivity contribution in [1.29, 1.82) is 0 Å². The highest BCUT2D eigenvalue weighted by molar-refractivity contribution is 6.08. The van der Waals surface area contributed by atoms with Crippen molar-refractivity contribution in [3.63, 3.8) is 0 Å². The summed E-state index contributed by atoms with van der Waals surface area (Å²) >= 11 is 0. The summed E-state index contributed by atoms with van der Waals surface area (Å²) in [5.41, 5.74) is 3.48. The fraction of sp³-hybridized carbons (Fsp3) is 0.381. The number of rotatable bonds is 2. The van der Waals surface area contributed by atoms with E-state index in [4.69, 9.17) is 9.47 Å². The molecule has 3 heteroatoms. The lowest BCUT2D eigenvalue weighted by Crippen LogP contribution is -2.44. The summed E-state index contributed by atoms with van der Waals surface area (Å²) in [5.74, 6) is 0.869. The quantitative estimate of drug-likeness (QED) is 0.813. The van der Waals surface area contributed by atoms with E-state index in [-0.39, 0.29) is 11.9 Å². The molecule has 2 aliphatic rings. The molecule has 1 heterocycles. The van der Waals surface area contributed by atoms with E-state index in [2.05, 4.69) is 25.1 Å². The van der Waals surface area contributed by atoms with Crippen molar-refractivity contribution >= 4 is 5.78 Å². The molecule has 24 heavy (non-hydrogen) atoms. The summed E-state index contributed by atoms with van der Waals surface area (Å²) in [6.45, 7) is 2.08. The zero-order valence-corrected chi connectivity index (χ0v) is 14.2. The first kappa shape index (κ1) is 15.4. The molecule has 1 aliphatic heterocycles. The average molecular weight is 322 g/mol. The number of benzene rings is 2. The van der Waals surface area contributed by atoms with Crippen molar-refractivity contribution in [3.05, 3.63) is 53.6 Å². The number of fused-ring (bicyclic) bond motifs is 1. The molecule has 0 saturated heterocycles. The fourth-order valence-corrected chi connectivity index (χ4v) is 3.93. The van der Waals surface area contributed by atoms with Gasteiger partial charge in [-0.25, -0.2) is 0 Å². The van der Waals surface area contributed by atoms with Gasteiger partial charge in [-0.1, -0.05) is 35.9 Å². The van der Waals surface area contributed by atoms with Gasteiger partial charge in [-0.3, -0.25) is 4.79 Å². The molecule has 0 unspecified atom stereocenters. The molecule has 4 rings (SSSR count). The van der Waals surface area contributed by atoms with Crippen molar-refractivity contribution in [2.75, 3.05) is 7.11 Å². The maximum absolute atomic E-state index is 13.1. The van der Waals surface area contributed by atoms with Crippen molar-refractivity contribution in [2.45, 2.75) is 44.3 Å². The minimum Gasteiger partial charge on any atom is -0.478 e. The normalized spacial score (nSPS) is 25.6. The Labute approximate surface area is 142 Å². The molecule has 2 aromatic carbocycles. The largest absolute Gasteiger partial charge is 0.478 e. The first-order valence-electron chi connectivity index (χ1n) is 8.59. The minimum atomic E-state index is -0.664. The Kier molecular flexibility index (Phi) is 3.69. The van der Waals surface area contributed by atoms with Crippen LogP contribution in [0.5, 0.6) is 5.75 Å². The first-order valence-corrected chi connectivity index (χ1v) is 8.59. The molecule has 0 radical (unpaired) electrons. The van der Waals surface area contributed by atoms with Gasteiger partial charge in [-0.05, 0) is 55.9 Å². The molecule has 2 aromatic rings. The van der Waals surface area contributed by atoms with Crippen LogP contribution in [0.1, 0.15) is 41.6 Å². The van der Waals surface area contributed by atoms with Gasteiger partial charge in [0.25, 0.3) is 0 Å². The second-order valence-corrected chi connectivity index (χ2v) is 6.94. The van der Waals surface area contributed by atoms with E-state index in [1.165, 1.54) is 5.56 Å². The average Bonchev–Trinajstić information content (AvgIpc) is 2.87. The van der Waals surface area contributed by atoms with Crippen molar-refractivity contribution in [3.8, 4) is 16.9 Å². The summed E-state index contributed by atoms with van der Waals surface area (Å²) < 4.78 is 11.6. The van der Waals surface area contributed by atoms with Gasteiger partial charge < -0.3 is 9.47 Å². The number of hydrogen-bond donors (Lipinski definition) is 0. The molecule has 1 saturated carbocycles. The van der Waals surface area contributed by atoms with Crippen molar-refractivity contribution in [1.82, 2.24) is 0 Å². The Morgan fingerprint density at radius 3 is 2.54 bits per heavy atom. The highest BCUT2D eigenvalue weighted by Crippen LogP contribution is 2.44. The van der Waals surface area contributed by atoms with Gasteiger partial charge in [0, 0.05) is 7.11 Å². The Hall–Kier alpha value is -2.13. The number of ether oxygens (including phenoxy) is 2. The summed E-state index contributed by atoms with van der Waals surface area (Å²) in [4.78, 5) is 13.1. The van der Waals surface area contributed by atoms with Gasteiger partial charge in [-0.15, -0.1) is 0 Å². The van der Waals surface area contributed by atoms with Crippen LogP contribution in [0.4, 0.5) is 0 Å². The molecule has 0 N–H and O–H groups in total. The highest BCUT2D eigenvalue weighted by Gasteiger charge is 2.49. The molecular weight excluding hydrogens is 300 g/mol. The van der Waals surface area contributed by atoms with E-state index < -0.39 is 5.60 Å². The standard InChI is InChI=1S/C21H22O3/c1-14-4-3-5-15(12-14)16-6-7-19-18(13-16)20(22)21(24-19)10-8-17(23-2)9-11-21/h3-7,12-13,17H,8-11H2,1-2H3. The van der Waals surface area contributed by atoms with Crippen LogP contribution in [0.25, 0.3) is 11.1 Å². The van der Waals surface area contributed by atoms with Gasteiger partial charge >= 0.3 is 0 Å². The number of methoxy groups -OCH3 is 1. The van der Waals surface area contributed by atoms with Gasteiger partial charge in [0.05, 0.1) is 11.7 Å².